The molecule has 2 N–H and O–H groups in total. The highest BCUT2D eigenvalue weighted by Crippen LogP contribution is 2.24. The molecule has 0 aromatic heterocycles. The maximum atomic E-state index is 11.9. The summed E-state index contributed by atoms with van der Waals surface area (Å²) in [6.45, 7) is 5.42. The smallest absolute Gasteiger partial charge is 0.340 e. The van der Waals surface area contributed by atoms with Crippen molar-refractivity contribution in [2.75, 3.05) is 51.0 Å². The van der Waals surface area contributed by atoms with E-state index in [1.54, 1.807) is 13.0 Å². The van der Waals surface area contributed by atoms with Crippen molar-refractivity contribution in [1.82, 2.24) is 4.90 Å². The summed E-state index contributed by atoms with van der Waals surface area (Å²) in [5, 5.41) is 0. The van der Waals surface area contributed by atoms with Crippen LogP contribution in [0.3, 0.4) is 0 Å². The molecular formula is C16H25N3O2. The quantitative estimate of drug-likeness (QED) is 0.662. The highest BCUT2D eigenvalue weighted by Gasteiger charge is 2.21. The predicted octanol–water partition coefficient (Wildman–Crippen LogP) is 1.83. The Balaban J connectivity index is 2.08. The summed E-state index contributed by atoms with van der Waals surface area (Å²) >= 11 is 0. The van der Waals surface area contributed by atoms with E-state index < -0.39 is 0 Å². The van der Waals surface area contributed by atoms with Gasteiger partial charge >= 0.3 is 5.97 Å². The summed E-state index contributed by atoms with van der Waals surface area (Å²) in [5.41, 5.74) is 7.79. The van der Waals surface area contributed by atoms with Crippen molar-refractivity contribution in [3.8, 4) is 0 Å². The first-order valence-corrected chi connectivity index (χ1v) is 7.47. The number of nitrogens with two attached hydrogens (primary N) is 1. The molecule has 1 aliphatic rings. The molecule has 1 saturated heterocycles. The Morgan fingerprint density at radius 3 is 2.90 bits per heavy atom. The first-order valence-electron chi connectivity index (χ1n) is 7.47. The first-order chi connectivity index (χ1) is 10.0. The Kier molecular flexibility index (Phi) is 5.07. The van der Waals surface area contributed by atoms with E-state index in [1.165, 1.54) is 6.42 Å². The molecule has 21 heavy (non-hydrogen) atoms. The minimum absolute atomic E-state index is 0.354. The molecule has 0 saturated carbocycles. The summed E-state index contributed by atoms with van der Waals surface area (Å²) < 4.78 is 5.05. The van der Waals surface area contributed by atoms with Gasteiger partial charge in [0.15, 0.2) is 0 Å². The standard InChI is InChI=1S/C16H25N3O2/c1-4-21-16(20)14-9-13(5-6-15(14)17)19(3)11-12-7-8-18(2)10-12/h5-6,9,12H,4,7-8,10-11,17H2,1-3H3. The van der Waals surface area contributed by atoms with E-state index in [4.69, 9.17) is 10.5 Å². The Morgan fingerprint density at radius 2 is 2.29 bits per heavy atom. The lowest BCUT2D eigenvalue weighted by molar-refractivity contribution is 0.0527. The van der Waals surface area contributed by atoms with Crippen LogP contribution in [0.4, 0.5) is 11.4 Å². The lowest BCUT2D eigenvalue weighted by Crippen LogP contribution is -2.27. The van der Waals surface area contributed by atoms with Gasteiger partial charge in [0.05, 0.1) is 12.2 Å². The number of nitrogens with zero attached hydrogens (tertiary/aromatic N) is 2. The van der Waals surface area contributed by atoms with Gasteiger partial charge in [-0.25, -0.2) is 4.79 Å². The molecule has 5 heteroatoms. The number of hydrogen-bond donors (Lipinski definition) is 1. The summed E-state index contributed by atoms with van der Waals surface area (Å²) in [6.07, 6.45) is 1.22. The normalized spacial score (nSPS) is 18.7. The van der Waals surface area contributed by atoms with Gasteiger partial charge in [0.1, 0.15) is 0 Å². The third kappa shape index (κ3) is 3.88. The largest absolute Gasteiger partial charge is 0.462 e. The Hall–Kier alpha value is -1.75. The molecule has 2 rings (SSSR count). The molecule has 1 aliphatic heterocycles. The third-order valence-corrected chi connectivity index (χ3v) is 3.99. The second-order valence-electron chi connectivity index (χ2n) is 5.79. The zero-order valence-corrected chi connectivity index (χ0v) is 13.1. The molecule has 0 spiro atoms. The van der Waals surface area contributed by atoms with Crippen molar-refractivity contribution in [1.29, 1.82) is 0 Å². The topological polar surface area (TPSA) is 58.8 Å². The molecule has 1 aromatic rings. The lowest BCUT2D eigenvalue weighted by Gasteiger charge is -2.24. The monoisotopic (exact) mass is 291 g/mol. The average Bonchev–Trinajstić information content (AvgIpc) is 2.84. The predicted molar refractivity (Wildman–Crippen MR) is 85.7 cm³/mol. The lowest BCUT2D eigenvalue weighted by atomic mass is 10.1. The van der Waals surface area contributed by atoms with Gasteiger partial charge < -0.3 is 20.3 Å². The minimum Gasteiger partial charge on any atom is -0.462 e. The molecule has 0 amide bonds. The molecule has 0 bridgehead atoms. The fourth-order valence-electron chi connectivity index (χ4n) is 2.84. The van der Waals surface area contributed by atoms with Crippen molar-refractivity contribution < 1.29 is 9.53 Å². The third-order valence-electron chi connectivity index (χ3n) is 3.99. The summed E-state index contributed by atoms with van der Waals surface area (Å²) in [4.78, 5) is 16.4. The van der Waals surface area contributed by atoms with Crippen molar-refractivity contribution in [3.05, 3.63) is 23.8 Å². The van der Waals surface area contributed by atoms with Crippen molar-refractivity contribution in [3.63, 3.8) is 0 Å². The van der Waals surface area contributed by atoms with E-state index in [-0.39, 0.29) is 5.97 Å². The van der Waals surface area contributed by atoms with Gasteiger partial charge in [-0.2, -0.15) is 0 Å². The van der Waals surface area contributed by atoms with Crippen LogP contribution in [0.5, 0.6) is 0 Å². The number of carbonyl (C=O) groups excluding carboxylic acids is 1. The van der Waals surface area contributed by atoms with Gasteiger partial charge in [0.2, 0.25) is 0 Å². The highest BCUT2D eigenvalue weighted by molar-refractivity contribution is 5.96. The van der Waals surface area contributed by atoms with E-state index >= 15 is 0 Å². The molecule has 116 valence electrons. The van der Waals surface area contributed by atoms with E-state index in [9.17, 15) is 4.79 Å². The van der Waals surface area contributed by atoms with E-state index in [1.807, 2.05) is 12.1 Å². The minimum atomic E-state index is -0.356. The van der Waals surface area contributed by atoms with Gasteiger partial charge in [-0.3, -0.25) is 0 Å². The van der Waals surface area contributed by atoms with Crippen LogP contribution in [0.1, 0.15) is 23.7 Å². The van der Waals surface area contributed by atoms with Crippen LogP contribution in [0.25, 0.3) is 0 Å². The fourth-order valence-corrected chi connectivity index (χ4v) is 2.84. The number of likely N-dealkylation sites (tertiary alicyclic amines) is 1. The van der Waals surface area contributed by atoms with Crippen molar-refractivity contribution >= 4 is 17.3 Å². The van der Waals surface area contributed by atoms with Gasteiger partial charge in [-0.05, 0) is 51.1 Å². The van der Waals surface area contributed by atoms with Crippen LogP contribution in [-0.2, 0) is 4.74 Å². The van der Waals surface area contributed by atoms with E-state index in [0.717, 1.165) is 25.3 Å². The zero-order valence-electron chi connectivity index (χ0n) is 13.1. The number of hydrogen-bond acceptors (Lipinski definition) is 5. The van der Waals surface area contributed by atoms with Gasteiger partial charge in [0, 0.05) is 31.5 Å². The Labute approximate surface area is 126 Å². The van der Waals surface area contributed by atoms with Gasteiger partial charge in [-0.1, -0.05) is 0 Å². The van der Waals surface area contributed by atoms with Crippen LogP contribution >= 0.6 is 0 Å². The van der Waals surface area contributed by atoms with Crippen molar-refractivity contribution in [2.24, 2.45) is 5.92 Å². The van der Waals surface area contributed by atoms with Crippen LogP contribution in [0, 0.1) is 5.92 Å². The summed E-state index contributed by atoms with van der Waals surface area (Å²) in [6, 6.07) is 5.56. The van der Waals surface area contributed by atoms with Crippen LogP contribution in [0.2, 0.25) is 0 Å². The van der Waals surface area contributed by atoms with Crippen molar-refractivity contribution in [2.45, 2.75) is 13.3 Å². The number of carbonyl (C=O) groups is 1. The Morgan fingerprint density at radius 1 is 1.52 bits per heavy atom. The second-order valence-corrected chi connectivity index (χ2v) is 5.79. The number of esters is 1. The number of anilines is 2. The first kappa shape index (κ1) is 15.6. The van der Waals surface area contributed by atoms with E-state index in [0.29, 0.717) is 23.8 Å². The fraction of sp³-hybridized carbons (Fsp3) is 0.562. The average molecular weight is 291 g/mol. The molecule has 0 radical (unpaired) electrons. The molecule has 1 aromatic carbocycles. The second kappa shape index (κ2) is 6.80. The molecule has 1 unspecified atom stereocenters. The molecule has 1 fully saturated rings. The number of benzene rings is 1. The summed E-state index contributed by atoms with van der Waals surface area (Å²) in [5.74, 6) is 0.314. The Bertz CT molecular complexity index is 504. The van der Waals surface area contributed by atoms with Crippen LogP contribution in [0.15, 0.2) is 18.2 Å². The molecule has 0 aliphatic carbocycles. The molecule has 1 heterocycles. The van der Waals surface area contributed by atoms with Gasteiger partial charge in [-0.15, -0.1) is 0 Å². The molecular weight excluding hydrogens is 266 g/mol. The summed E-state index contributed by atoms with van der Waals surface area (Å²) in [7, 11) is 4.21. The number of nitrogen functional groups attached to an aromatic ring is 1. The SMILES string of the molecule is CCOC(=O)c1cc(N(C)CC2CCN(C)C2)ccc1N. The number of rotatable bonds is 5. The van der Waals surface area contributed by atoms with E-state index in [2.05, 4.69) is 23.9 Å². The van der Waals surface area contributed by atoms with Gasteiger partial charge in [0.25, 0.3) is 0 Å². The van der Waals surface area contributed by atoms with Crippen LogP contribution < -0.4 is 10.6 Å². The number of ether oxygens (including phenoxy) is 1. The maximum Gasteiger partial charge on any atom is 0.340 e. The molecule has 5 nitrogen and oxygen atoms in total. The highest BCUT2D eigenvalue weighted by atomic mass is 16.5. The zero-order chi connectivity index (χ0) is 15.4. The van der Waals surface area contributed by atoms with Crippen LogP contribution in [-0.4, -0.2) is 51.2 Å². The maximum absolute atomic E-state index is 11.9. The molecule has 1 atom stereocenters.